The second-order valence-electron chi connectivity index (χ2n) is 6.34. The van der Waals surface area contributed by atoms with Crippen molar-refractivity contribution >= 4 is 40.9 Å². The Morgan fingerprint density at radius 3 is 2.54 bits per heavy atom. The maximum Gasteiger partial charge on any atom is 0.250 e. The third-order valence-corrected chi connectivity index (χ3v) is 5.10. The zero-order valence-electron chi connectivity index (χ0n) is 16.0. The Kier molecular flexibility index (Phi) is 8.07. The first kappa shape index (κ1) is 21.5. The summed E-state index contributed by atoms with van der Waals surface area (Å²) >= 11 is 1.36. The molecule has 0 aromatic heterocycles. The summed E-state index contributed by atoms with van der Waals surface area (Å²) in [5, 5.41) is 5.22. The summed E-state index contributed by atoms with van der Waals surface area (Å²) in [5.41, 5.74) is 6.71. The Balaban J connectivity index is 2.00. The van der Waals surface area contributed by atoms with E-state index in [-0.39, 0.29) is 17.4 Å². The van der Waals surface area contributed by atoms with Crippen molar-refractivity contribution in [1.29, 1.82) is 0 Å². The van der Waals surface area contributed by atoms with Crippen LogP contribution in [-0.4, -0.2) is 23.0 Å². The van der Waals surface area contributed by atoms with Gasteiger partial charge in [0.05, 0.1) is 16.5 Å². The molecule has 2 rings (SSSR count). The number of rotatable bonds is 9. The summed E-state index contributed by atoms with van der Waals surface area (Å²) in [6, 6.07) is 14.0. The number of primary amides is 1. The van der Waals surface area contributed by atoms with Crippen LogP contribution in [0, 0.1) is 0 Å². The predicted molar refractivity (Wildman–Crippen MR) is 114 cm³/mol. The van der Waals surface area contributed by atoms with Crippen LogP contribution < -0.4 is 16.4 Å². The summed E-state index contributed by atoms with van der Waals surface area (Å²) in [4.78, 5) is 36.7. The fourth-order valence-electron chi connectivity index (χ4n) is 2.51. The number of anilines is 2. The quantitative estimate of drug-likeness (QED) is 0.554. The third-order valence-electron chi connectivity index (χ3n) is 4.01. The molecule has 6 nitrogen and oxygen atoms in total. The zero-order chi connectivity index (χ0) is 20.5. The van der Waals surface area contributed by atoms with Gasteiger partial charge >= 0.3 is 0 Å². The van der Waals surface area contributed by atoms with Gasteiger partial charge in [0.25, 0.3) is 5.91 Å². The van der Waals surface area contributed by atoms with Crippen molar-refractivity contribution in [3.63, 3.8) is 0 Å². The van der Waals surface area contributed by atoms with Gasteiger partial charge in [0.15, 0.2) is 0 Å². The Morgan fingerprint density at radius 2 is 1.82 bits per heavy atom. The molecule has 0 aliphatic rings. The molecule has 2 aromatic rings. The van der Waals surface area contributed by atoms with E-state index in [1.807, 2.05) is 31.2 Å². The van der Waals surface area contributed by atoms with E-state index in [0.717, 1.165) is 17.7 Å². The Bertz CT molecular complexity index is 854. The largest absolute Gasteiger partial charge is 0.366 e. The summed E-state index contributed by atoms with van der Waals surface area (Å²) in [5.74, 6) is -0.850. The highest BCUT2D eigenvalue weighted by Gasteiger charge is 2.17. The van der Waals surface area contributed by atoms with Gasteiger partial charge < -0.3 is 16.4 Å². The van der Waals surface area contributed by atoms with Crippen LogP contribution in [0.2, 0.25) is 0 Å². The van der Waals surface area contributed by atoms with E-state index in [4.69, 9.17) is 5.73 Å². The molecule has 0 aliphatic carbocycles. The molecule has 0 radical (unpaired) electrons. The van der Waals surface area contributed by atoms with Gasteiger partial charge in [-0.2, -0.15) is 0 Å². The lowest BCUT2D eigenvalue weighted by Gasteiger charge is -2.14. The van der Waals surface area contributed by atoms with Gasteiger partial charge in [-0.1, -0.05) is 31.5 Å². The number of benzene rings is 2. The maximum atomic E-state index is 12.5. The second-order valence-corrected chi connectivity index (χ2v) is 7.75. The number of para-hydroxylation sites is 1. The fraction of sp³-hybridized carbons (Fsp3) is 0.286. The zero-order valence-corrected chi connectivity index (χ0v) is 16.8. The van der Waals surface area contributed by atoms with Crippen molar-refractivity contribution < 1.29 is 14.4 Å². The number of nitrogens with one attached hydrogen (secondary N) is 2. The highest BCUT2D eigenvalue weighted by atomic mass is 32.2. The van der Waals surface area contributed by atoms with Crippen LogP contribution in [0.5, 0.6) is 0 Å². The molecule has 0 saturated heterocycles. The number of amides is 3. The lowest BCUT2D eigenvalue weighted by atomic mass is 10.1. The first-order valence-corrected chi connectivity index (χ1v) is 10.0. The number of carbonyl (C=O) groups excluding carboxylic acids is 3. The van der Waals surface area contributed by atoms with Gasteiger partial charge in [-0.25, -0.2) is 0 Å². The SMILES string of the molecule is CCCCC(=O)Nc1cccc(SC(C)C(=O)Nc2ccccc2C(N)=O)c1. The fourth-order valence-corrected chi connectivity index (χ4v) is 3.43. The normalized spacial score (nSPS) is 11.5. The number of thioether (sulfide) groups is 1. The standard InChI is InChI=1S/C21H25N3O3S/c1-3-4-12-19(25)23-15-8-7-9-16(13-15)28-14(2)21(27)24-18-11-6-5-10-17(18)20(22)26/h5-11,13-14H,3-4,12H2,1-2H3,(H2,22,26)(H,23,25)(H,24,27). The molecule has 0 spiro atoms. The highest BCUT2D eigenvalue weighted by molar-refractivity contribution is 8.00. The minimum atomic E-state index is -0.595. The number of hydrogen-bond donors (Lipinski definition) is 3. The summed E-state index contributed by atoms with van der Waals surface area (Å²) < 4.78 is 0. The average Bonchev–Trinajstić information content (AvgIpc) is 2.66. The minimum absolute atomic E-state index is 0.0159. The number of hydrogen-bond acceptors (Lipinski definition) is 4. The van der Waals surface area contributed by atoms with Gasteiger partial charge in [0.2, 0.25) is 11.8 Å². The van der Waals surface area contributed by atoms with Crippen LogP contribution in [-0.2, 0) is 9.59 Å². The second kappa shape index (κ2) is 10.5. The minimum Gasteiger partial charge on any atom is -0.366 e. The summed E-state index contributed by atoms with van der Waals surface area (Å²) in [7, 11) is 0. The van der Waals surface area contributed by atoms with Crippen molar-refractivity contribution in [3.05, 3.63) is 54.1 Å². The molecule has 148 valence electrons. The average molecular weight is 400 g/mol. The van der Waals surface area contributed by atoms with Crippen LogP contribution in [0.4, 0.5) is 11.4 Å². The van der Waals surface area contributed by atoms with E-state index in [1.165, 1.54) is 11.8 Å². The van der Waals surface area contributed by atoms with Gasteiger partial charge in [0.1, 0.15) is 0 Å². The number of nitrogens with two attached hydrogens (primary N) is 1. The molecule has 0 bridgehead atoms. The van der Waals surface area contributed by atoms with Crippen molar-refractivity contribution in [2.45, 2.75) is 43.3 Å². The van der Waals surface area contributed by atoms with Crippen LogP contribution in [0.3, 0.4) is 0 Å². The molecule has 1 unspecified atom stereocenters. The molecule has 2 aromatic carbocycles. The Morgan fingerprint density at radius 1 is 1.07 bits per heavy atom. The highest BCUT2D eigenvalue weighted by Crippen LogP contribution is 2.27. The topological polar surface area (TPSA) is 101 Å². The molecule has 1 atom stereocenters. The molecular weight excluding hydrogens is 374 g/mol. The van der Waals surface area contributed by atoms with E-state index in [2.05, 4.69) is 10.6 Å². The van der Waals surface area contributed by atoms with Crippen molar-refractivity contribution in [2.75, 3.05) is 10.6 Å². The van der Waals surface area contributed by atoms with Gasteiger partial charge in [-0.15, -0.1) is 11.8 Å². The van der Waals surface area contributed by atoms with Crippen molar-refractivity contribution in [1.82, 2.24) is 0 Å². The monoisotopic (exact) mass is 399 g/mol. The summed E-state index contributed by atoms with van der Waals surface area (Å²) in [6.07, 6.45) is 2.31. The smallest absolute Gasteiger partial charge is 0.250 e. The molecule has 0 saturated carbocycles. The Hall–Kier alpha value is -2.80. The maximum absolute atomic E-state index is 12.5. The molecule has 4 N–H and O–H groups in total. The van der Waals surface area contributed by atoms with Gasteiger partial charge in [0, 0.05) is 17.0 Å². The van der Waals surface area contributed by atoms with Crippen LogP contribution in [0.25, 0.3) is 0 Å². The van der Waals surface area contributed by atoms with Crippen LogP contribution >= 0.6 is 11.8 Å². The summed E-state index contributed by atoms with van der Waals surface area (Å²) in [6.45, 7) is 3.82. The third kappa shape index (κ3) is 6.42. The number of carbonyl (C=O) groups is 3. The molecular formula is C21H25N3O3S. The van der Waals surface area contributed by atoms with Crippen LogP contribution in [0.15, 0.2) is 53.4 Å². The van der Waals surface area contributed by atoms with Gasteiger partial charge in [-0.3, -0.25) is 14.4 Å². The van der Waals surface area contributed by atoms with E-state index in [1.54, 1.807) is 31.2 Å². The molecule has 0 fully saturated rings. The van der Waals surface area contributed by atoms with Gasteiger partial charge in [-0.05, 0) is 43.7 Å². The predicted octanol–water partition coefficient (Wildman–Crippen LogP) is 4.03. The number of unbranched alkanes of at least 4 members (excludes halogenated alkanes) is 1. The first-order valence-electron chi connectivity index (χ1n) is 9.17. The van der Waals surface area contributed by atoms with E-state index in [0.29, 0.717) is 17.8 Å². The van der Waals surface area contributed by atoms with Crippen LogP contribution in [0.1, 0.15) is 43.5 Å². The Labute approximate surface area is 169 Å². The van der Waals surface area contributed by atoms with E-state index in [9.17, 15) is 14.4 Å². The van der Waals surface area contributed by atoms with Crippen molar-refractivity contribution in [3.8, 4) is 0 Å². The lowest BCUT2D eigenvalue weighted by Crippen LogP contribution is -2.24. The molecule has 3 amide bonds. The molecule has 0 heterocycles. The first-order chi connectivity index (χ1) is 13.4. The molecule has 7 heteroatoms. The van der Waals surface area contributed by atoms with Crippen molar-refractivity contribution in [2.24, 2.45) is 5.73 Å². The lowest BCUT2D eigenvalue weighted by molar-refractivity contribution is -0.116. The van der Waals surface area contributed by atoms with E-state index < -0.39 is 11.2 Å². The van der Waals surface area contributed by atoms with E-state index >= 15 is 0 Å². The molecule has 0 aliphatic heterocycles. The molecule has 28 heavy (non-hydrogen) atoms.